The Morgan fingerprint density at radius 1 is 1.13 bits per heavy atom. The SMILES string of the molecule is CCc1c(C(=O)N(C)CC(=O)Nc2c(C)cc(C)cc2C)cnn1-c1cccc(Cl)c1. The van der Waals surface area contributed by atoms with Crippen molar-refractivity contribution in [3.8, 4) is 5.69 Å². The molecule has 0 atom stereocenters. The van der Waals surface area contributed by atoms with E-state index in [-0.39, 0.29) is 18.4 Å². The van der Waals surface area contributed by atoms with Gasteiger partial charge in [-0.25, -0.2) is 4.68 Å². The van der Waals surface area contributed by atoms with Gasteiger partial charge in [0.2, 0.25) is 5.91 Å². The highest BCUT2D eigenvalue weighted by Crippen LogP contribution is 2.22. The molecular weight excluding hydrogens is 412 g/mol. The molecule has 0 saturated heterocycles. The second kappa shape index (κ2) is 9.35. The molecule has 0 aliphatic rings. The molecule has 3 rings (SSSR count). The van der Waals surface area contributed by atoms with Crippen LogP contribution in [0.2, 0.25) is 5.02 Å². The molecule has 2 amide bonds. The minimum absolute atomic E-state index is 0.0584. The van der Waals surface area contributed by atoms with Crippen molar-refractivity contribution in [3.63, 3.8) is 0 Å². The molecule has 0 bridgehead atoms. The Hall–Kier alpha value is -3.12. The molecule has 7 heteroatoms. The molecule has 0 fully saturated rings. The third-order valence-corrected chi connectivity index (χ3v) is 5.39. The molecule has 1 aromatic heterocycles. The Bertz CT molecular complexity index is 1110. The average molecular weight is 439 g/mol. The van der Waals surface area contributed by atoms with Crippen LogP contribution in [-0.2, 0) is 11.2 Å². The highest BCUT2D eigenvalue weighted by Gasteiger charge is 2.22. The Kier molecular flexibility index (Phi) is 6.81. The van der Waals surface area contributed by atoms with Crippen LogP contribution in [0, 0.1) is 20.8 Å². The lowest BCUT2D eigenvalue weighted by molar-refractivity contribution is -0.116. The van der Waals surface area contributed by atoms with Crippen LogP contribution in [0.4, 0.5) is 5.69 Å². The van der Waals surface area contributed by atoms with E-state index in [2.05, 4.69) is 10.4 Å². The molecule has 0 radical (unpaired) electrons. The molecule has 6 nitrogen and oxygen atoms in total. The molecule has 3 aromatic rings. The summed E-state index contributed by atoms with van der Waals surface area (Å²) in [6.45, 7) is 7.85. The molecule has 1 N–H and O–H groups in total. The van der Waals surface area contributed by atoms with Gasteiger partial charge in [-0.1, -0.05) is 42.3 Å². The van der Waals surface area contributed by atoms with Crippen LogP contribution in [0.15, 0.2) is 42.6 Å². The fourth-order valence-electron chi connectivity index (χ4n) is 3.77. The standard InChI is InChI=1S/C24H27ClN4O2/c1-6-21-20(13-26-29(21)19-9-7-8-18(25)12-19)24(31)28(5)14-22(30)27-23-16(3)10-15(2)11-17(23)4/h7-13H,6,14H2,1-5H3,(H,27,30). The minimum atomic E-state index is -0.252. The van der Waals surface area contributed by atoms with Crippen LogP contribution in [0.1, 0.15) is 39.7 Å². The zero-order valence-corrected chi connectivity index (χ0v) is 19.2. The molecule has 0 saturated carbocycles. The third kappa shape index (κ3) is 4.97. The Morgan fingerprint density at radius 2 is 1.81 bits per heavy atom. The fourth-order valence-corrected chi connectivity index (χ4v) is 3.96. The smallest absolute Gasteiger partial charge is 0.257 e. The van der Waals surface area contributed by atoms with Crippen LogP contribution in [0.5, 0.6) is 0 Å². The van der Waals surface area contributed by atoms with Crippen LogP contribution in [0.25, 0.3) is 5.69 Å². The van der Waals surface area contributed by atoms with Crippen LogP contribution >= 0.6 is 11.6 Å². The van der Waals surface area contributed by atoms with E-state index in [4.69, 9.17) is 11.6 Å². The summed E-state index contributed by atoms with van der Waals surface area (Å²) in [6, 6.07) is 11.4. The van der Waals surface area contributed by atoms with Crippen molar-refractivity contribution in [2.45, 2.75) is 34.1 Å². The summed E-state index contributed by atoms with van der Waals surface area (Å²) in [6.07, 6.45) is 2.15. The molecule has 31 heavy (non-hydrogen) atoms. The van der Waals surface area contributed by atoms with Gasteiger partial charge in [0.15, 0.2) is 0 Å². The number of carbonyl (C=O) groups excluding carboxylic acids is 2. The topological polar surface area (TPSA) is 67.2 Å². The van der Waals surface area contributed by atoms with E-state index in [1.807, 2.05) is 52.0 Å². The molecular formula is C24H27ClN4O2. The summed E-state index contributed by atoms with van der Waals surface area (Å²) < 4.78 is 1.71. The van der Waals surface area contributed by atoms with Crippen molar-refractivity contribution >= 4 is 29.1 Å². The second-order valence-corrected chi connectivity index (χ2v) is 8.17. The molecule has 1 heterocycles. The maximum absolute atomic E-state index is 13.1. The summed E-state index contributed by atoms with van der Waals surface area (Å²) in [7, 11) is 1.62. The maximum atomic E-state index is 13.1. The van der Waals surface area contributed by atoms with Crippen LogP contribution < -0.4 is 5.32 Å². The highest BCUT2D eigenvalue weighted by atomic mass is 35.5. The van der Waals surface area contributed by atoms with Gasteiger partial charge in [0.1, 0.15) is 0 Å². The number of hydrogen-bond donors (Lipinski definition) is 1. The zero-order chi connectivity index (χ0) is 22.7. The summed E-state index contributed by atoms with van der Waals surface area (Å²) in [5, 5.41) is 7.93. The molecule has 0 aliphatic heterocycles. The van der Waals surface area contributed by atoms with Crippen LogP contribution in [0.3, 0.4) is 0 Å². The van der Waals surface area contributed by atoms with E-state index in [0.29, 0.717) is 17.0 Å². The lowest BCUT2D eigenvalue weighted by atomic mass is 10.1. The number of hydrogen-bond acceptors (Lipinski definition) is 3. The van der Waals surface area contributed by atoms with Crippen molar-refractivity contribution in [2.75, 3.05) is 18.9 Å². The number of benzene rings is 2. The summed E-state index contributed by atoms with van der Waals surface area (Å²) in [5.41, 5.74) is 5.95. The predicted octanol–water partition coefficient (Wildman–Crippen LogP) is 4.72. The highest BCUT2D eigenvalue weighted by molar-refractivity contribution is 6.30. The van der Waals surface area contributed by atoms with E-state index in [1.165, 1.54) is 4.90 Å². The predicted molar refractivity (Wildman–Crippen MR) is 124 cm³/mol. The van der Waals surface area contributed by atoms with E-state index in [1.54, 1.807) is 30.1 Å². The van der Waals surface area contributed by atoms with Crippen molar-refractivity contribution in [1.82, 2.24) is 14.7 Å². The van der Waals surface area contributed by atoms with Crippen LogP contribution in [-0.4, -0.2) is 40.1 Å². The third-order valence-electron chi connectivity index (χ3n) is 5.16. The monoisotopic (exact) mass is 438 g/mol. The Labute approximate surface area is 187 Å². The summed E-state index contributed by atoms with van der Waals surface area (Å²) >= 11 is 6.10. The van der Waals surface area contributed by atoms with Gasteiger partial charge in [0.25, 0.3) is 5.91 Å². The van der Waals surface area contributed by atoms with Gasteiger partial charge in [0, 0.05) is 17.8 Å². The quantitative estimate of drug-likeness (QED) is 0.605. The summed E-state index contributed by atoms with van der Waals surface area (Å²) in [4.78, 5) is 27.1. The second-order valence-electron chi connectivity index (χ2n) is 7.73. The summed E-state index contributed by atoms with van der Waals surface area (Å²) in [5.74, 6) is -0.496. The van der Waals surface area contributed by atoms with Gasteiger partial charge < -0.3 is 10.2 Å². The number of anilines is 1. The largest absolute Gasteiger partial charge is 0.332 e. The maximum Gasteiger partial charge on any atom is 0.257 e. The van der Waals surface area contributed by atoms with Gasteiger partial charge in [-0.05, 0) is 56.5 Å². The number of likely N-dealkylation sites (N-methyl/N-ethyl adjacent to an activating group) is 1. The zero-order valence-electron chi connectivity index (χ0n) is 18.5. The minimum Gasteiger partial charge on any atom is -0.332 e. The number of amides is 2. The number of rotatable bonds is 6. The average Bonchev–Trinajstić information content (AvgIpc) is 3.14. The number of halogens is 1. The molecule has 2 aromatic carbocycles. The van der Waals surface area contributed by atoms with Gasteiger partial charge >= 0.3 is 0 Å². The number of nitrogens with zero attached hydrogens (tertiary/aromatic N) is 3. The van der Waals surface area contributed by atoms with Gasteiger partial charge in [-0.2, -0.15) is 5.10 Å². The Morgan fingerprint density at radius 3 is 2.42 bits per heavy atom. The molecule has 0 spiro atoms. The number of aryl methyl sites for hydroxylation is 3. The fraction of sp³-hybridized carbons (Fsp3) is 0.292. The normalized spacial score (nSPS) is 10.8. The van der Waals surface area contributed by atoms with Gasteiger partial charge in [0.05, 0.1) is 29.7 Å². The lowest BCUT2D eigenvalue weighted by Gasteiger charge is -2.19. The first-order valence-electron chi connectivity index (χ1n) is 10.2. The van der Waals surface area contributed by atoms with Gasteiger partial charge in [-0.15, -0.1) is 0 Å². The molecule has 0 aliphatic carbocycles. The number of aromatic nitrogens is 2. The first-order chi connectivity index (χ1) is 14.7. The Balaban J connectivity index is 1.77. The van der Waals surface area contributed by atoms with E-state index in [0.717, 1.165) is 33.8 Å². The van der Waals surface area contributed by atoms with Crippen molar-refractivity contribution < 1.29 is 9.59 Å². The van der Waals surface area contributed by atoms with Crippen molar-refractivity contribution in [1.29, 1.82) is 0 Å². The van der Waals surface area contributed by atoms with Crippen molar-refractivity contribution in [2.24, 2.45) is 0 Å². The first-order valence-corrected chi connectivity index (χ1v) is 10.5. The van der Waals surface area contributed by atoms with Gasteiger partial charge in [-0.3, -0.25) is 9.59 Å². The van der Waals surface area contributed by atoms with E-state index >= 15 is 0 Å². The lowest BCUT2D eigenvalue weighted by Crippen LogP contribution is -2.35. The first kappa shape index (κ1) is 22.6. The van der Waals surface area contributed by atoms with E-state index in [9.17, 15) is 9.59 Å². The number of nitrogens with one attached hydrogen (secondary N) is 1. The number of carbonyl (C=O) groups is 2. The van der Waals surface area contributed by atoms with E-state index < -0.39 is 0 Å². The molecule has 0 unspecified atom stereocenters. The van der Waals surface area contributed by atoms with Crippen molar-refractivity contribution in [3.05, 3.63) is 75.6 Å². The molecule has 162 valence electrons.